The third kappa shape index (κ3) is 5.16. The van der Waals surface area contributed by atoms with Gasteiger partial charge in [0.05, 0.1) is 26.2 Å². The standard InChI is InChI=1S/C20H26N2O5S/c1-15(20(23)21(2)14-16-9-11-18(26-3)12-10-16)22(28(5,24)25)17-7-6-8-19(13-17)27-4/h6-13,15H,14H2,1-5H3/t15-/m0/s1. The summed E-state index contributed by atoms with van der Waals surface area (Å²) in [6.45, 7) is 1.93. The van der Waals surface area contributed by atoms with Gasteiger partial charge in [-0.3, -0.25) is 9.10 Å². The largest absolute Gasteiger partial charge is 0.497 e. The van der Waals surface area contributed by atoms with Crippen LogP contribution in [0.3, 0.4) is 0 Å². The first-order chi connectivity index (χ1) is 13.2. The monoisotopic (exact) mass is 406 g/mol. The van der Waals surface area contributed by atoms with Gasteiger partial charge in [0.2, 0.25) is 15.9 Å². The molecule has 0 saturated carbocycles. The van der Waals surface area contributed by atoms with Gasteiger partial charge in [-0.25, -0.2) is 8.42 Å². The van der Waals surface area contributed by atoms with Crippen LogP contribution in [0.25, 0.3) is 0 Å². The summed E-state index contributed by atoms with van der Waals surface area (Å²) in [7, 11) is 1.05. The van der Waals surface area contributed by atoms with E-state index in [-0.39, 0.29) is 5.91 Å². The molecule has 28 heavy (non-hydrogen) atoms. The quantitative estimate of drug-likeness (QED) is 0.673. The number of nitrogens with zero attached hydrogens (tertiary/aromatic N) is 2. The lowest BCUT2D eigenvalue weighted by molar-refractivity contribution is -0.131. The molecule has 0 radical (unpaired) electrons. The highest BCUT2D eigenvalue weighted by Gasteiger charge is 2.31. The van der Waals surface area contributed by atoms with Gasteiger partial charge in [-0.05, 0) is 36.8 Å². The van der Waals surface area contributed by atoms with E-state index < -0.39 is 16.1 Å². The second-order valence-corrected chi connectivity index (χ2v) is 8.34. The molecule has 0 aliphatic carbocycles. The normalized spacial score (nSPS) is 12.2. The van der Waals surface area contributed by atoms with Crippen molar-refractivity contribution in [3.63, 3.8) is 0 Å². The van der Waals surface area contributed by atoms with Crippen molar-refractivity contribution in [3.8, 4) is 11.5 Å². The van der Waals surface area contributed by atoms with Gasteiger partial charge in [-0.2, -0.15) is 0 Å². The molecule has 2 aromatic carbocycles. The van der Waals surface area contributed by atoms with Crippen LogP contribution >= 0.6 is 0 Å². The van der Waals surface area contributed by atoms with Crippen LogP contribution in [0.1, 0.15) is 12.5 Å². The number of carbonyl (C=O) groups is 1. The predicted molar refractivity (Wildman–Crippen MR) is 109 cm³/mol. The minimum absolute atomic E-state index is 0.316. The van der Waals surface area contributed by atoms with Gasteiger partial charge in [-0.15, -0.1) is 0 Å². The highest BCUT2D eigenvalue weighted by molar-refractivity contribution is 7.92. The summed E-state index contributed by atoms with van der Waals surface area (Å²) >= 11 is 0. The first-order valence-electron chi connectivity index (χ1n) is 8.68. The van der Waals surface area contributed by atoms with Crippen molar-refractivity contribution in [2.24, 2.45) is 0 Å². The highest BCUT2D eigenvalue weighted by Crippen LogP contribution is 2.26. The van der Waals surface area contributed by atoms with Crippen molar-refractivity contribution >= 4 is 21.6 Å². The van der Waals surface area contributed by atoms with Crippen molar-refractivity contribution in [2.45, 2.75) is 19.5 Å². The topological polar surface area (TPSA) is 76.2 Å². The number of hydrogen-bond acceptors (Lipinski definition) is 5. The molecule has 7 nitrogen and oxygen atoms in total. The first kappa shape index (κ1) is 21.6. The van der Waals surface area contributed by atoms with Crippen LogP contribution in [0.4, 0.5) is 5.69 Å². The van der Waals surface area contributed by atoms with Crippen molar-refractivity contribution in [2.75, 3.05) is 31.8 Å². The van der Waals surface area contributed by atoms with Gasteiger partial charge < -0.3 is 14.4 Å². The lowest BCUT2D eigenvalue weighted by Gasteiger charge is -2.31. The number of methoxy groups -OCH3 is 2. The zero-order chi connectivity index (χ0) is 20.9. The molecule has 0 spiro atoms. The molecule has 8 heteroatoms. The Morgan fingerprint density at radius 1 is 1.04 bits per heavy atom. The van der Waals surface area contributed by atoms with E-state index in [9.17, 15) is 13.2 Å². The molecule has 1 amide bonds. The summed E-state index contributed by atoms with van der Waals surface area (Å²) in [6.07, 6.45) is 1.08. The Morgan fingerprint density at radius 3 is 2.18 bits per heavy atom. The van der Waals surface area contributed by atoms with Crippen LogP contribution < -0.4 is 13.8 Å². The number of rotatable bonds is 8. The molecular formula is C20H26N2O5S. The Morgan fingerprint density at radius 2 is 1.64 bits per heavy atom. The third-order valence-corrected chi connectivity index (χ3v) is 5.57. The van der Waals surface area contributed by atoms with Gasteiger partial charge >= 0.3 is 0 Å². The van der Waals surface area contributed by atoms with Crippen LogP contribution in [0.2, 0.25) is 0 Å². The van der Waals surface area contributed by atoms with Gasteiger partial charge in [0.15, 0.2) is 0 Å². The average molecular weight is 407 g/mol. The number of sulfonamides is 1. The predicted octanol–water partition coefficient (Wildman–Crippen LogP) is 2.52. The van der Waals surface area contributed by atoms with E-state index in [2.05, 4.69) is 0 Å². The van der Waals surface area contributed by atoms with Gasteiger partial charge in [0, 0.05) is 19.7 Å². The minimum atomic E-state index is -3.69. The van der Waals surface area contributed by atoms with E-state index in [1.165, 1.54) is 12.0 Å². The summed E-state index contributed by atoms with van der Waals surface area (Å²) in [5.41, 5.74) is 1.29. The number of carbonyl (C=O) groups excluding carboxylic acids is 1. The second kappa shape index (κ2) is 8.97. The summed E-state index contributed by atoms with van der Waals surface area (Å²) in [4.78, 5) is 14.5. The van der Waals surface area contributed by atoms with Gasteiger partial charge in [-0.1, -0.05) is 18.2 Å². The number of amides is 1. The minimum Gasteiger partial charge on any atom is -0.497 e. The number of anilines is 1. The highest BCUT2D eigenvalue weighted by atomic mass is 32.2. The molecule has 152 valence electrons. The lowest BCUT2D eigenvalue weighted by atomic mass is 10.2. The first-order valence-corrected chi connectivity index (χ1v) is 10.5. The molecule has 0 fully saturated rings. The Balaban J connectivity index is 2.24. The lowest BCUT2D eigenvalue weighted by Crippen LogP contribution is -2.48. The SMILES string of the molecule is COc1ccc(CN(C)C(=O)[C@H](C)N(c2cccc(OC)c2)S(C)(=O)=O)cc1. The Bertz CT molecular complexity index is 912. The van der Waals surface area contributed by atoms with E-state index in [1.54, 1.807) is 45.3 Å². The summed E-state index contributed by atoms with van der Waals surface area (Å²) in [5, 5.41) is 0. The molecule has 0 aliphatic heterocycles. The average Bonchev–Trinajstić information content (AvgIpc) is 2.67. The number of hydrogen-bond donors (Lipinski definition) is 0. The van der Waals surface area contributed by atoms with Crippen LogP contribution in [-0.4, -0.2) is 52.8 Å². The molecule has 2 aromatic rings. The zero-order valence-corrected chi connectivity index (χ0v) is 17.6. The fourth-order valence-corrected chi connectivity index (χ4v) is 4.11. The van der Waals surface area contributed by atoms with Crippen molar-refractivity contribution in [1.82, 2.24) is 4.90 Å². The Kier molecular flexibility index (Phi) is 6.90. The maximum atomic E-state index is 13.0. The number of ether oxygens (including phenoxy) is 2. The molecular weight excluding hydrogens is 380 g/mol. The van der Waals surface area contributed by atoms with E-state index in [0.717, 1.165) is 21.9 Å². The van der Waals surface area contributed by atoms with Crippen molar-refractivity contribution in [1.29, 1.82) is 0 Å². The smallest absolute Gasteiger partial charge is 0.246 e. The van der Waals surface area contributed by atoms with Crippen LogP contribution in [0, 0.1) is 0 Å². The zero-order valence-electron chi connectivity index (χ0n) is 16.7. The molecule has 0 unspecified atom stereocenters. The molecule has 0 heterocycles. The Labute approximate surface area is 166 Å². The maximum Gasteiger partial charge on any atom is 0.246 e. The molecule has 0 saturated heterocycles. The fraction of sp³-hybridized carbons (Fsp3) is 0.350. The molecule has 0 aliphatic rings. The summed E-state index contributed by atoms with van der Waals surface area (Å²) in [5.74, 6) is 0.925. The van der Waals surface area contributed by atoms with E-state index in [4.69, 9.17) is 9.47 Å². The Hall–Kier alpha value is -2.74. The third-order valence-electron chi connectivity index (χ3n) is 4.33. The van der Waals surface area contributed by atoms with E-state index in [0.29, 0.717) is 18.0 Å². The molecule has 0 bridgehead atoms. The van der Waals surface area contributed by atoms with Crippen LogP contribution in [0.15, 0.2) is 48.5 Å². The maximum absolute atomic E-state index is 13.0. The molecule has 0 aromatic heterocycles. The van der Waals surface area contributed by atoms with Gasteiger partial charge in [0.25, 0.3) is 0 Å². The second-order valence-electron chi connectivity index (χ2n) is 6.48. The van der Waals surface area contributed by atoms with Crippen LogP contribution in [-0.2, 0) is 21.4 Å². The molecule has 2 rings (SSSR count). The molecule has 1 atom stereocenters. The van der Waals surface area contributed by atoms with Crippen molar-refractivity contribution < 1.29 is 22.7 Å². The summed E-state index contributed by atoms with van der Waals surface area (Å²) in [6, 6.07) is 13.1. The van der Waals surface area contributed by atoms with E-state index in [1.807, 2.05) is 24.3 Å². The van der Waals surface area contributed by atoms with Gasteiger partial charge in [0.1, 0.15) is 17.5 Å². The van der Waals surface area contributed by atoms with Crippen LogP contribution in [0.5, 0.6) is 11.5 Å². The van der Waals surface area contributed by atoms with Crippen molar-refractivity contribution in [3.05, 3.63) is 54.1 Å². The number of benzene rings is 2. The van der Waals surface area contributed by atoms with E-state index >= 15 is 0 Å². The molecule has 0 N–H and O–H groups in total. The summed E-state index contributed by atoms with van der Waals surface area (Å²) < 4.78 is 36.3. The number of likely N-dealkylation sites (N-methyl/N-ethyl adjacent to an activating group) is 1. The fourth-order valence-electron chi connectivity index (χ4n) is 2.95.